The highest BCUT2D eigenvalue weighted by Crippen LogP contribution is 2.34. The van der Waals surface area contributed by atoms with Gasteiger partial charge in [0.05, 0.1) is 17.7 Å². The number of carbonyl (C=O) groups excluding carboxylic acids is 2. The maximum absolute atomic E-state index is 12.7. The van der Waals surface area contributed by atoms with Gasteiger partial charge in [-0.2, -0.15) is 0 Å². The van der Waals surface area contributed by atoms with Crippen molar-refractivity contribution in [1.82, 2.24) is 5.06 Å². The van der Waals surface area contributed by atoms with E-state index in [0.29, 0.717) is 23.1 Å². The molecule has 1 aliphatic heterocycles. The monoisotopic (exact) mass is 540 g/mol. The zero-order valence-corrected chi connectivity index (χ0v) is 20.4. The Labute approximate surface area is 211 Å². The van der Waals surface area contributed by atoms with E-state index in [9.17, 15) is 9.59 Å². The molecular weight excluding hydrogens is 520 g/mol. The molecule has 174 valence electrons. The summed E-state index contributed by atoms with van der Waals surface area (Å²) >= 11 is 3.47. The fourth-order valence-electron chi connectivity index (χ4n) is 3.54. The Kier molecular flexibility index (Phi) is 8.92. The maximum Gasteiger partial charge on any atom is 0.285 e. The minimum atomic E-state index is -0.438. The van der Waals surface area contributed by atoms with Crippen molar-refractivity contribution in [3.8, 4) is 0 Å². The maximum atomic E-state index is 12.7. The first kappa shape index (κ1) is 25.6. The topological polar surface area (TPSA) is 81.9 Å². The van der Waals surface area contributed by atoms with Crippen LogP contribution in [0.15, 0.2) is 95.5 Å². The molecule has 4 aromatic carbocycles. The van der Waals surface area contributed by atoms with Crippen LogP contribution in [-0.4, -0.2) is 16.9 Å². The van der Waals surface area contributed by atoms with Crippen LogP contribution in [0.1, 0.15) is 31.8 Å². The lowest BCUT2D eigenvalue weighted by molar-refractivity contribution is -0.104. The summed E-state index contributed by atoms with van der Waals surface area (Å²) in [4.78, 5) is 35.4. The standard InChI is InChI=1S/C19H12BrNO3.C7H9NO.ClH/c20-16-10-9-15-17-13(16)7-4-8-14(17)18(22)21(19(15)23)24-11-12-5-2-1-3-6-12;8-9-6-7-4-2-1-3-5-7;/h1-10H,11H2;1-5H,6,8H2;1H. The van der Waals surface area contributed by atoms with E-state index in [-0.39, 0.29) is 19.0 Å². The Hall–Kier alpha value is -3.07. The highest BCUT2D eigenvalue weighted by Gasteiger charge is 2.34. The molecule has 4 aromatic rings. The number of hydrogen-bond acceptors (Lipinski definition) is 5. The Balaban J connectivity index is 0.000000275. The summed E-state index contributed by atoms with van der Waals surface area (Å²) in [6, 6.07) is 28.1. The van der Waals surface area contributed by atoms with E-state index >= 15 is 0 Å². The summed E-state index contributed by atoms with van der Waals surface area (Å²) in [5.74, 6) is 3.98. The Morgan fingerprint density at radius 3 is 1.85 bits per heavy atom. The van der Waals surface area contributed by atoms with E-state index in [4.69, 9.17) is 10.7 Å². The number of nitrogens with zero attached hydrogens (tertiary/aromatic N) is 1. The molecular formula is C26H22BrClN2O4. The second kappa shape index (κ2) is 11.9. The van der Waals surface area contributed by atoms with Crippen LogP contribution in [0.25, 0.3) is 10.8 Å². The lowest BCUT2D eigenvalue weighted by Crippen LogP contribution is -2.40. The summed E-state index contributed by atoms with van der Waals surface area (Å²) in [5, 5.41) is 2.37. The molecule has 1 heterocycles. The normalized spacial score (nSPS) is 12.1. The van der Waals surface area contributed by atoms with E-state index in [2.05, 4.69) is 20.8 Å². The molecule has 0 aromatic heterocycles. The van der Waals surface area contributed by atoms with Gasteiger partial charge in [-0.25, -0.2) is 5.90 Å². The van der Waals surface area contributed by atoms with Crippen LogP contribution in [0.3, 0.4) is 0 Å². The molecule has 0 aliphatic carbocycles. The van der Waals surface area contributed by atoms with Gasteiger partial charge >= 0.3 is 0 Å². The fourth-order valence-corrected chi connectivity index (χ4v) is 4.00. The van der Waals surface area contributed by atoms with E-state index in [0.717, 1.165) is 26.0 Å². The smallest absolute Gasteiger partial charge is 0.285 e. The average Bonchev–Trinajstić information content (AvgIpc) is 2.85. The van der Waals surface area contributed by atoms with Gasteiger partial charge in [0.25, 0.3) is 11.8 Å². The van der Waals surface area contributed by atoms with Crippen molar-refractivity contribution in [2.45, 2.75) is 13.2 Å². The predicted molar refractivity (Wildman–Crippen MR) is 136 cm³/mol. The molecule has 5 rings (SSSR count). The first-order valence-corrected chi connectivity index (χ1v) is 11.0. The number of imide groups is 1. The number of rotatable bonds is 5. The van der Waals surface area contributed by atoms with Gasteiger partial charge < -0.3 is 0 Å². The molecule has 0 atom stereocenters. The number of amides is 2. The zero-order valence-electron chi connectivity index (χ0n) is 18.0. The fraction of sp³-hybridized carbons (Fsp3) is 0.0769. The molecule has 2 N–H and O–H groups in total. The van der Waals surface area contributed by atoms with Gasteiger partial charge in [-0.15, -0.1) is 17.5 Å². The second-order valence-electron chi connectivity index (χ2n) is 7.28. The Morgan fingerprint density at radius 1 is 0.706 bits per heavy atom. The van der Waals surface area contributed by atoms with Crippen LogP contribution < -0.4 is 5.90 Å². The van der Waals surface area contributed by atoms with Crippen molar-refractivity contribution in [2.75, 3.05) is 0 Å². The molecule has 0 saturated heterocycles. The third kappa shape index (κ3) is 5.52. The summed E-state index contributed by atoms with van der Waals surface area (Å²) in [7, 11) is 0. The average molecular weight is 542 g/mol. The highest BCUT2D eigenvalue weighted by atomic mass is 79.9. The minimum absolute atomic E-state index is 0. The van der Waals surface area contributed by atoms with E-state index in [1.807, 2.05) is 72.8 Å². The first-order valence-electron chi connectivity index (χ1n) is 10.2. The predicted octanol–water partition coefficient (Wildman–Crippen LogP) is 5.83. The third-order valence-corrected chi connectivity index (χ3v) is 5.80. The van der Waals surface area contributed by atoms with Crippen molar-refractivity contribution >= 4 is 50.9 Å². The molecule has 1 aliphatic rings. The van der Waals surface area contributed by atoms with Crippen molar-refractivity contribution in [3.63, 3.8) is 0 Å². The SMILES string of the molecule is Cl.NOCc1ccccc1.O=C1c2cccc3c(Br)ccc(c23)C(=O)N1OCc1ccccc1. The van der Waals surface area contributed by atoms with Gasteiger partial charge in [0.2, 0.25) is 0 Å². The molecule has 0 fully saturated rings. The van der Waals surface area contributed by atoms with Crippen molar-refractivity contribution < 1.29 is 19.3 Å². The largest absolute Gasteiger partial charge is 0.300 e. The Morgan fingerprint density at radius 2 is 1.26 bits per heavy atom. The van der Waals surface area contributed by atoms with Crippen LogP contribution in [-0.2, 0) is 22.9 Å². The van der Waals surface area contributed by atoms with Gasteiger partial charge in [0.15, 0.2) is 0 Å². The number of carbonyl (C=O) groups is 2. The number of hydroxylamine groups is 2. The number of hydrogen-bond donors (Lipinski definition) is 1. The summed E-state index contributed by atoms with van der Waals surface area (Å²) < 4.78 is 0.849. The van der Waals surface area contributed by atoms with Gasteiger partial charge in [-0.3, -0.25) is 19.3 Å². The first-order chi connectivity index (χ1) is 16.1. The lowest BCUT2D eigenvalue weighted by Gasteiger charge is -2.26. The zero-order chi connectivity index (χ0) is 23.2. The number of halogens is 2. The van der Waals surface area contributed by atoms with Crippen LogP contribution in [0.5, 0.6) is 0 Å². The number of nitrogens with two attached hydrogens (primary N) is 1. The van der Waals surface area contributed by atoms with Crippen molar-refractivity contribution in [3.05, 3.63) is 118 Å². The quantitative estimate of drug-likeness (QED) is 0.254. The molecule has 0 radical (unpaired) electrons. The molecule has 8 heteroatoms. The van der Waals surface area contributed by atoms with Crippen molar-refractivity contribution in [2.24, 2.45) is 5.90 Å². The molecule has 0 bridgehead atoms. The van der Waals surface area contributed by atoms with E-state index in [1.165, 1.54) is 0 Å². The summed E-state index contributed by atoms with van der Waals surface area (Å²) in [6.07, 6.45) is 0. The van der Waals surface area contributed by atoms with E-state index < -0.39 is 11.8 Å². The van der Waals surface area contributed by atoms with Crippen LogP contribution >= 0.6 is 28.3 Å². The summed E-state index contributed by atoms with van der Waals surface area (Å²) in [5.41, 5.74) is 2.92. The number of benzene rings is 4. The van der Waals surface area contributed by atoms with Crippen LogP contribution in [0.4, 0.5) is 0 Å². The van der Waals surface area contributed by atoms with Crippen molar-refractivity contribution in [1.29, 1.82) is 0 Å². The molecule has 0 saturated carbocycles. The second-order valence-corrected chi connectivity index (χ2v) is 8.14. The van der Waals surface area contributed by atoms with Crippen LogP contribution in [0.2, 0.25) is 0 Å². The molecule has 0 spiro atoms. The highest BCUT2D eigenvalue weighted by molar-refractivity contribution is 9.10. The van der Waals surface area contributed by atoms with Gasteiger partial charge in [0, 0.05) is 9.86 Å². The Bertz CT molecular complexity index is 1260. The lowest BCUT2D eigenvalue weighted by atomic mass is 9.95. The van der Waals surface area contributed by atoms with Crippen LogP contribution in [0, 0.1) is 0 Å². The van der Waals surface area contributed by atoms with Gasteiger partial charge in [0.1, 0.15) is 6.61 Å². The third-order valence-electron chi connectivity index (χ3n) is 5.11. The van der Waals surface area contributed by atoms with Gasteiger partial charge in [-0.05, 0) is 34.7 Å². The molecule has 0 unspecified atom stereocenters. The van der Waals surface area contributed by atoms with Gasteiger partial charge in [-0.1, -0.05) is 88.7 Å². The summed E-state index contributed by atoms with van der Waals surface area (Å²) in [6.45, 7) is 0.640. The minimum Gasteiger partial charge on any atom is -0.300 e. The molecule has 34 heavy (non-hydrogen) atoms. The van der Waals surface area contributed by atoms with E-state index in [1.54, 1.807) is 18.2 Å². The molecule has 2 amide bonds. The molecule has 6 nitrogen and oxygen atoms in total.